The van der Waals surface area contributed by atoms with Crippen LogP contribution in [0.25, 0.3) is 0 Å². The van der Waals surface area contributed by atoms with Gasteiger partial charge in [0.15, 0.2) is 0 Å². The zero-order valence-electron chi connectivity index (χ0n) is 38.8. The molecule has 8 heteroatoms. The van der Waals surface area contributed by atoms with E-state index in [1.807, 2.05) is 119 Å². The average Bonchev–Trinajstić information content (AvgIpc) is 3.97. The molecule has 0 spiro atoms. The van der Waals surface area contributed by atoms with Crippen molar-refractivity contribution >= 4 is 34.5 Å². The summed E-state index contributed by atoms with van der Waals surface area (Å²) < 4.78 is 11.3. The zero-order valence-corrected chi connectivity index (χ0v) is 38.8. The largest absolute Gasteiger partial charge is 0.497 e. The molecule has 0 bridgehead atoms. The molecule has 11 rings (SSSR count). The van der Waals surface area contributed by atoms with Gasteiger partial charge in [0, 0.05) is 0 Å². The van der Waals surface area contributed by atoms with E-state index in [0.29, 0.717) is 23.2 Å². The Kier molecular flexibility index (Phi) is 11.9. The molecule has 70 heavy (non-hydrogen) atoms. The summed E-state index contributed by atoms with van der Waals surface area (Å²) in [5, 5.41) is 4.01. The summed E-state index contributed by atoms with van der Waals surface area (Å²) in [6, 6.07) is 86.3. The molecular weight excluding hydrogens is 865 g/mol. The van der Waals surface area contributed by atoms with Crippen molar-refractivity contribution in [2.45, 2.75) is 22.9 Å². The Morgan fingerprint density at radius 2 is 0.614 bits per heavy atom. The molecule has 0 N–H and O–H groups in total. The molecule has 2 fully saturated rings. The van der Waals surface area contributed by atoms with Crippen LogP contribution >= 0.6 is 0 Å². The summed E-state index contributed by atoms with van der Waals surface area (Å²) in [5.74, 6) is 2.60. The first-order chi connectivity index (χ1) is 34.6. The number of ether oxygens (including phenoxy) is 2. The molecule has 0 aromatic heterocycles. The number of hydroxylamine groups is 2. The highest BCUT2D eigenvalue weighted by Crippen LogP contribution is 2.56. The van der Waals surface area contributed by atoms with Gasteiger partial charge < -0.3 is 19.1 Å². The van der Waals surface area contributed by atoms with Gasteiger partial charge in [-0.3, -0.25) is 0 Å². The maximum atomic E-state index is 7.18. The van der Waals surface area contributed by atoms with Crippen molar-refractivity contribution in [3.8, 4) is 11.5 Å². The third-order valence-corrected chi connectivity index (χ3v) is 13.4. The number of methoxy groups -OCH3 is 2. The van der Waals surface area contributed by atoms with Gasteiger partial charge in [-0.25, -0.2) is 9.98 Å². The number of anilines is 2. The van der Waals surface area contributed by atoms with Crippen LogP contribution in [0.15, 0.2) is 265 Å². The number of para-hydroxylation sites is 2. The Balaban J connectivity index is 1.09. The Bertz CT molecular complexity index is 2910. The highest BCUT2D eigenvalue weighted by atomic mass is 16.7. The third-order valence-electron chi connectivity index (χ3n) is 13.4. The molecule has 2 atom stereocenters. The fraction of sp³-hybridized carbons (Fsp3) is 0.0968. The van der Waals surface area contributed by atoms with E-state index in [9.17, 15) is 0 Å². The summed E-state index contributed by atoms with van der Waals surface area (Å²) in [6.45, 7) is 0. The predicted octanol–water partition coefficient (Wildman–Crippen LogP) is 14.1. The van der Waals surface area contributed by atoms with Gasteiger partial charge in [0.25, 0.3) is 0 Å². The molecule has 0 aliphatic carbocycles. The van der Waals surface area contributed by atoms with Gasteiger partial charge in [-0.2, -0.15) is 10.1 Å². The van der Waals surface area contributed by atoms with E-state index in [1.165, 1.54) is 0 Å². The van der Waals surface area contributed by atoms with Gasteiger partial charge in [0.05, 0.1) is 37.0 Å². The van der Waals surface area contributed by atoms with Gasteiger partial charge in [0.2, 0.25) is 11.8 Å². The second-order valence-corrected chi connectivity index (χ2v) is 17.3. The molecule has 0 radical (unpaired) electrons. The van der Waals surface area contributed by atoms with Gasteiger partial charge in [-0.05, 0) is 106 Å². The lowest BCUT2D eigenvalue weighted by Crippen LogP contribution is -2.40. The van der Waals surface area contributed by atoms with Crippen molar-refractivity contribution in [3.63, 3.8) is 0 Å². The van der Waals surface area contributed by atoms with E-state index in [1.54, 1.807) is 14.2 Å². The zero-order chi connectivity index (χ0) is 47.3. The molecule has 2 aliphatic rings. The van der Waals surface area contributed by atoms with Crippen LogP contribution < -0.4 is 19.6 Å². The van der Waals surface area contributed by atoms with E-state index >= 15 is 0 Å². The minimum absolute atomic E-state index is 0.384. The number of benzene rings is 9. The van der Waals surface area contributed by atoms with Crippen molar-refractivity contribution < 1.29 is 19.1 Å². The maximum absolute atomic E-state index is 7.18. The van der Waals surface area contributed by atoms with Crippen molar-refractivity contribution in [2.24, 2.45) is 9.98 Å². The second kappa shape index (κ2) is 19.0. The van der Waals surface area contributed by atoms with Crippen LogP contribution in [0.3, 0.4) is 0 Å². The van der Waals surface area contributed by atoms with Crippen LogP contribution in [0.4, 0.5) is 22.7 Å². The van der Waals surface area contributed by atoms with Gasteiger partial charge in [0.1, 0.15) is 34.4 Å². The minimum atomic E-state index is -0.911. The lowest BCUT2D eigenvalue weighted by molar-refractivity contribution is 0.275. The third kappa shape index (κ3) is 7.69. The van der Waals surface area contributed by atoms with E-state index < -0.39 is 10.8 Å². The monoisotopic (exact) mass is 914 g/mol. The highest BCUT2D eigenvalue weighted by molar-refractivity contribution is 6.00. The molecule has 0 amide bonds. The SMILES string of the molecule is COc1ccc(C2N(c3ccccc3)OC(=Nc3ccc(N=C4ON(c5ccccc5)C(c5ccc(OC)cc5)C4(c4ccccc4)c4ccccc4)cc3)C2(c2ccccc2)c2ccccc2)cc1. The predicted molar refractivity (Wildman–Crippen MR) is 279 cm³/mol. The molecule has 0 saturated carbocycles. The Hall–Kier alpha value is -8.88. The Labute approximate surface area is 408 Å². The minimum Gasteiger partial charge on any atom is -0.497 e. The van der Waals surface area contributed by atoms with Crippen LogP contribution in [0.1, 0.15) is 45.5 Å². The fourth-order valence-corrected chi connectivity index (χ4v) is 10.2. The quantitative estimate of drug-likeness (QED) is 0.122. The summed E-state index contributed by atoms with van der Waals surface area (Å²) >= 11 is 0. The van der Waals surface area contributed by atoms with Crippen molar-refractivity contribution in [3.05, 3.63) is 288 Å². The maximum Gasteiger partial charge on any atom is 0.240 e. The average molecular weight is 915 g/mol. The van der Waals surface area contributed by atoms with Crippen LogP contribution in [0.2, 0.25) is 0 Å². The fourth-order valence-electron chi connectivity index (χ4n) is 10.2. The van der Waals surface area contributed by atoms with E-state index in [4.69, 9.17) is 29.1 Å². The van der Waals surface area contributed by atoms with Crippen molar-refractivity contribution in [1.29, 1.82) is 0 Å². The standard InChI is InChI=1S/C62H50N4O4/c1-67-55-41-33-45(34-42-55)57-61(47-21-9-3-10-22-47,48-23-11-4-12-24-48)59(69-65(57)53-29-17-7-18-30-53)63-51-37-39-52(40-38-51)64-60-62(49-25-13-5-14-26-49,50-27-15-6-16-28-50)58(46-35-43-56(68-2)44-36-46)66(70-60)54-31-19-8-20-32-54/h3-44,57-58H,1-2H3. The highest BCUT2D eigenvalue weighted by Gasteiger charge is 2.60. The van der Waals surface area contributed by atoms with E-state index in [0.717, 1.165) is 56.3 Å². The molecular formula is C62H50N4O4. The molecule has 2 heterocycles. The Morgan fingerprint density at radius 3 is 0.886 bits per heavy atom. The smallest absolute Gasteiger partial charge is 0.240 e. The number of nitrogens with zero attached hydrogens (tertiary/aromatic N) is 4. The lowest BCUT2D eigenvalue weighted by atomic mass is 9.67. The second-order valence-electron chi connectivity index (χ2n) is 17.3. The molecule has 2 unspecified atom stereocenters. The van der Waals surface area contributed by atoms with Crippen LogP contribution in [-0.4, -0.2) is 26.0 Å². The van der Waals surface area contributed by atoms with Crippen LogP contribution in [0.5, 0.6) is 11.5 Å². The molecule has 342 valence electrons. The molecule has 2 saturated heterocycles. The molecule has 8 nitrogen and oxygen atoms in total. The van der Waals surface area contributed by atoms with Crippen molar-refractivity contribution in [2.75, 3.05) is 24.3 Å². The molecule has 2 aliphatic heterocycles. The summed E-state index contributed by atoms with van der Waals surface area (Å²) in [7, 11) is 3.37. The van der Waals surface area contributed by atoms with E-state index in [2.05, 4.69) is 146 Å². The van der Waals surface area contributed by atoms with E-state index in [-0.39, 0.29) is 12.1 Å². The molecule has 9 aromatic carbocycles. The topological polar surface area (TPSA) is 68.1 Å². The number of aliphatic imine (C=N–C) groups is 2. The summed E-state index contributed by atoms with van der Waals surface area (Å²) in [5.41, 5.74) is 7.57. The van der Waals surface area contributed by atoms with Gasteiger partial charge >= 0.3 is 0 Å². The molecule has 9 aromatic rings. The summed E-state index contributed by atoms with van der Waals surface area (Å²) in [4.78, 5) is 25.3. The lowest BCUT2D eigenvalue weighted by Gasteiger charge is -2.36. The first-order valence-corrected chi connectivity index (χ1v) is 23.4. The first-order valence-electron chi connectivity index (χ1n) is 23.4. The number of rotatable bonds is 12. The van der Waals surface area contributed by atoms with Crippen LogP contribution in [0, 0.1) is 0 Å². The first kappa shape index (κ1) is 43.7. The normalized spacial score (nSPS) is 18.0. The summed E-state index contributed by atoms with van der Waals surface area (Å²) in [6.07, 6.45) is 0. The van der Waals surface area contributed by atoms with Gasteiger partial charge in [-0.15, -0.1) is 0 Å². The van der Waals surface area contributed by atoms with Crippen molar-refractivity contribution in [1.82, 2.24) is 0 Å². The number of hydrogen-bond acceptors (Lipinski definition) is 8. The van der Waals surface area contributed by atoms with Crippen LogP contribution in [-0.2, 0) is 20.5 Å². The van der Waals surface area contributed by atoms with Gasteiger partial charge in [-0.1, -0.05) is 182 Å². The Morgan fingerprint density at radius 1 is 0.343 bits per heavy atom. The number of hydrogen-bond donors (Lipinski definition) is 0.